The number of rotatable bonds is 5. The quantitative estimate of drug-likeness (QED) is 0.831. The first kappa shape index (κ1) is 16.7. The number of hydrogen-bond acceptors (Lipinski definition) is 2. The molecule has 4 heteroatoms. The molecule has 0 aliphatic rings. The minimum Gasteiger partial charge on any atom is -0.267 e. The Morgan fingerprint density at radius 1 is 0.913 bits per heavy atom. The molecule has 0 spiro atoms. The second-order valence-electron chi connectivity index (χ2n) is 5.52. The average molecular weight is 310 g/mol. The van der Waals surface area contributed by atoms with E-state index in [2.05, 4.69) is 17.8 Å². The van der Waals surface area contributed by atoms with Crippen LogP contribution in [0.25, 0.3) is 0 Å². The summed E-state index contributed by atoms with van der Waals surface area (Å²) in [5.41, 5.74) is 8.04. The Bertz CT molecular complexity index is 678. The Balaban J connectivity index is 1.92. The van der Waals surface area contributed by atoms with E-state index in [0.717, 1.165) is 24.8 Å². The molecule has 0 bridgehead atoms. The second-order valence-corrected chi connectivity index (χ2v) is 5.52. The van der Waals surface area contributed by atoms with Crippen molar-refractivity contribution in [2.75, 3.05) is 0 Å². The summed E-state index contributed by atoms with van der Waals surface area (Å²) in [7, 11) is 0. The van der Waals surface area contributed by atoms with Crippen molar-refractivity contribution in [2.24, 2.45) is 0 Å². The number of carbonyl (C=O) groups excluding carboxylic acids is 2. The molecule has 0 aromatic heterocycles. The second kappa shape index (κ2) is 8.13. The maximum Gasteiger partial charge on any atom is 0.269 e. The average Bonchev–Trinajstić information content (AvgIpc) is 2.58. The topological polar surface area (TPSA) is 58.2 Å². The summed E-state index contributed by atoms with van der Waals surface area (Å²) < 4.78 is 0. The number of hydrazine groups is 1. The van der Waals surface area contributed by atoms with Crippen molar-refractivity contribution in [3.05, 3.63) is 70.8 Å². The van der Waals surface area contributed by atoms with Gasteiger partial charge in [0, 0.05) is 11.1 Å². The number of nitrogens with one attached hydrogen (secondary N) is 2. The maximum atomic E-state index is 12.1. The van der Waals surface area contributed by atoms with E-state index in [1.807, 2.05) is 31.2 Å². The number of unbranched alkanes of at least 4 members (excludes halogenated alkanes) is 1. The van der Waals surface area contributed by atoms with Crippen LogP contribution in [0.3, 0.4) is 0 Å². The Labute approximate surface area is 136 Å². The van der Waals surface area contributed by atoms with E-state index < -0.39 is 0 Å². The van der Waals surface area contributed by atoms with E-state index in [4.69, 9.17) is 0 Å². The van der Waals surface area contributed by atoms with Crippen LogP contribution in [0.4, 0.5) is 0 Å². The molecule has 0 aliphatic carbocycles. The van der Waals surface area contributed by atoms with Gasteiger partial charge in [-0.05, 0) is 49.1 Å². The van der Waals surface area contributed by atoms with Gasteiger partial charge >= 0.3 is 0 Å². The van der Waals surface area contributed by atoms with Crippen LogP contribution in [0.5, 0.6) is 0 Å². The van der Waals surface area contributed by atoms with E-state index in [-0.39, 0.29) is 11.8 Å². The fraction of sp³-hybridized carbons (Fsp3) is 0.263. The summed E-state index contributed by atoms with van der Waals surface area (Å²) in [5, 5.41) is 0. The highest BCUT2D eigenvalue weighted by molar-refractivity contribution is 5.99. The van der Waals surface area contributed by atoms with Gasteiger partial charge in [0.1, 0.15) is 0 Å². The van der Waals surface area contributed by atoms with Gasteiger partial charge in [-0.15, -0.1) is 0 Å². The van der Waals surface area contributed by atoms with E-state index in [0.29, 0.717) is 11.1 Å². The molecule has 2 amide bonds. The molecule has 4 nitrogen and oxygen atoms in total. The Kier molecular flexibility index (Phi) is 5.92. The molecular weight excluding hydrogens is 288 g/mol. The Morgan fingerprint density at radius 2 is 1.57 bits per heavy atom. The minimum atomic E-state index is -0.325. The molecule has 0 saturated heterocycles. The molecule has 0 fully saturated rings. The lowest BCUT2D eigenvalue weighted by Gasteiger charge is -2.09. The summed E-state index contributed by atoms with van der Waals surface area (Å²) in [6.45, 7) is 4.00. The van der Waals surface area contributed by atoms with Crippen molar-refractivity contribution < 1.29 is 9.59 Å². The monoisotopic (exact) mass is 310 g/mol. The molecule has 0 radical (unpaired) electrons. The Hall–Kier alpha value is -2.62. The fourth-order valence-electron chi connectivity index (χ4n) is 2.28. The van der Waals surface area contributed by atoms with Crippen LogP contribution < -0.4 is 10.9 Å². The highest BCUT2D eigenvalue weighted by Gasteiger charge is 2.10. The lowest BCUT2D eigenvalue weighted by molar-refractivity contribution is 0.0846. The SMILES string of the molecule is CCCCc1ccc(C(=O)NNC(=O)c2ccccc2C)cc1. The molecule has 0 aliphatic heterocycles. The fourth-order valence-corrected chi connectivity index (χ4v) is 2.28. The molecule has 2 rings (SSSR count). The van der Waals surface area contributed by atoms with E-state index in [1.54, 1.807) is 24.3 Å². The lowest BCUT2D eigenvalue weighted by atomic mass is 10.1. The standard InChI is InChI=1S/C19H22N2O2/c1-3-4-8-15-10-12-16(13-11-15)18(22)20-21-19(23)17-9-6-5-7-14(17)2/h5-7,9-13H,3-4,8H2,1-2H3,(H,20,22)(H,21,23). The van der Waals surface area contributed by atoms with Gasteiger partial charge in [0.15, 0.2) is 0 Å². The molecule has 2 aromatic rings. The van der Waals surface area contributed by atoms with Crippen molar-refractivity contribution >= 4 is 11.8 Å². The molecule has 2 N–H and O–H groups in total. The summed E-state index contributed by atoms with van der Waals surface area (Å²) in [6, 6.07) is 14.7. The molecule has 2 aromatic carbocycles. The summed E-state index contributed by atoms with van der Waals surface area (Å²) in [6.07, 6.45) is 3.30. The summed E-state index contributed by atoms with van der Waals surface area (Å²) in [4.78, 5) is 24.1. The summed E-state index contributed by atoms with van der Waals surface area (Å²) in [5.74, 6) is -0.648. The van der Waals surface area contributed by atoms with Gasteiger partial charge in [0.05, 0.1) is 0 Å². The third kappa shape index (κ3) is 4.68. The molecule has 0 saturated carbocycles. The lowest BCUT2D eigenvalue weighted by Crippen LogP contribution is -2.41. The van der Waals surface area contributed by atoms with Crippen LogP contribution in [0.15, 0.2) is 48.5 Å². The van der Waals surface area contributed by atoms with Crippen LogP contribution in [-0.4, -0.2) is 11.8 Å². The third-order valence-corrected chi connectivity index (χ3v) is 3.71. The van der Waals surface area contributed by atoms with Crippen molar-refractivity contribution in [2.45, 2.75) is 33.1 Å². The van der Waals surface area contributed by atoms with E-state index >= 15 is 0 Å². The van der Waals surface area contributed by atoms with Gasteiger partial charge in [0.25, 0.3) is 11.8 Å². The van der Waals surface area contributed by atoms with Gasteiger partial charge in [0.2, 0.25) is 0 Å². The van der Waals surface area contributed by atoms with Crippen LogP contribution in [0, 0.1) is 6.92 Å². The van der Waals surface area contributed by atoms with Crippen molar-refractivity contribution in [1.29, 1.82) is 0 Å². The summed E-state index contributed by atoms with van der Waals surface area (Å²) >= 11 is 0. The number of hydrogen-bond donors (Lipinski definition) is 2. The van der Waals surface area contributed by atoms with Gasteiger partial charge in [-0.1, -0.05) is 43.7 Å². The maximum absolute atomic E-state index is 12.1. The zero-order valence-electron chi connectivity index (χ0n) is 13.6. The first-order valence-electron chi connectivity index (χ1n) is 7.87. The largest absolute Gasteiger partial charge is 0.269 e. The molecule has 120 valence electrons. The first-order chi connectivity index (χ1) is 11.1. The Morgan fingerprint density at radius 3 is 2.22 bits per heavy atom. The highest BCUT2D eigenvalue weighted by Crippen LogP contribution is 2.08. The predicted octanol–water partition coefficient (Wildman–Crippen LogP) is 3.41. The molecule has 0 unspecified atom stereocenters. The predicted molar refractivity (Wildman–Crippen MR) is 91.2 cm³/mol. The van der Waals surface area contributed by atoms with Gasteiger partial charge in [-0.25, -0.2) is 0 Å². The zero-order chi connectivity index (χ0) is 16.7. The van der Waals surface area contributed by atoms with Crippen molar-refractivity contribution in [3.63, 3.8) is 0 Å². The molecule has 0 atom stereocenters. The number of aryl methyl sites for hydroxylation is 2. The molecular formula is C19H22N2O2. The number of carbonyl (C=O) groups is 2. The molecule has 0 heterocycles. The van der Waals surface area contributed by atoms with Crippen LogP contribution in [-0.2, 0) is 6.42 Å². The van der Waals surface area contributed by atoms with Crippen molar-refractivity contribution in [1.82, 2.24) is 10.9 Å². The highest BCUT2D eigenvalue weighted by atomic mass is 16.2. The zero-order valence-corrected chi connectivity index (χ0v) is 13.6. The number of benzene rings is 2. The minimum absolute atomic E-state index is 0.323. The van der Waals surface area contributed by atoms with Crippen LogP contribution >= 0.6 is 0 Å². The third-order valence-electron chi connectivity index (χ3n) is 3.71. The number of amides is 2. The first-order valence-corrected chi connectivity index (χ1v) is 7.87. The smallest absolute Gasteiger partial charge is 0.267 e. The normalized spacial score (nSPS) is 10.2. The van der Waals surface area contributed by atoms with Crippen LogP contribution in [0.1, 0.15) is 51.6 Å². The van der Waals surface area contributed by atoms with Gasteiger partial charge in [-0.3, -0.25) is 20.4 Å². The molecule has 23 heavy (non-hydrogen) atoms. The van der Waals surface area contributed by atoms with Gasteiger partial charge in [-0.2, -0.15) is 0 Å². The van der Waals surface area contributed by atoms with Crippen LogP contribution in [0.2, 0.25) is 0 Å². The van der Waals surface area contributed by atoms with Gasteiger partial charge < -0.3 is 0 Å². The van der Waals surface area contributed by atoms with Crippen molar-refractivity contribution in [3.8, 4) is 0 Å². The van der Waals surface area contributed by atoms with E-state index in [1.165, 1.54) is 5.56 Å². The van der Waals surface area contributed by atoms with E-state index in [9.17, 15) is 9.59 Å².